The molecule has 0 bridgehead atoms. The van der Waals surface area contributed by atoms with E-state index in [1.807, 2.05) is 0 Å². The molecule has 6 nitrogen and oxygen atoms in total. The molecule has 0 fully saturated rings. The van der Waals surface area contributed by atoms with Crippen LogP contribution in [0.3, 0.4) is 0 Å². The minimum Gasteiger partial charge on any atom is 1.00 e. The summed E-state index contributed by atoms with van der Waals surface area (Å²) in [6.07, 6.45) is 0. The number of nitrogens with zero attached hydrogens (tertiary/aromatic N) is 6. The second kappa shape index (κ2) is 5.38. The third-order valence-corrected chi connectivity index (χ3v) is 4.89. The van der Waals surface area contributed by atoms with Gasteiger partial charge >= 0.3 is 151 Å². The average molecular weight is 363 g/mol. The summed E-state index contributed by atoms with van der Waals surface area (Å²) >= 11 is 0. The maximum atomic E-state index is 8.58. The van der Waals surface area contributed by atoms with Crippen LogP contribution in [-0.2, 0) is 38.0 Å². The summed E-state index contributed by atoms with van der Waals surface area (Å²) in [7, 11) is -6.17. The Morgan fingerprint density at radius 1 is 0.533 bits per heavy atom. The van der Waals surface area contributed by atoms with E-state index in [1.165, 1.54) is 0 Å². The molecule has 0 atom stereocenters. The van der Waals surface area contributed by atoms with Crippen molar-refractivity contribution in [2.24, 2.45) is 0 Å². The summed E-state index contributed by atoms with van der Waals surface area (Å²) in [5.41, 5.74) is 0. The number of hydrogen-bond acceptors (Lipinski definition) is 6. The van der Waals surface area contributed by atoms with Crippen molar-refractivity contribution in [2.45, 2.75) is 0 Å². The quantitative estimate of drug-likeness (QED) is 0.422. The summed E-state index contributed by atoms with van der Waals surface area (Å²) in [5, 5.41) is 51.5. The van der Waals surface area contributed by atoms with E-state index in [-0.39, 0.29) is 78.7 Å². The molecule has 66 valence electrons. The largest absolute Gasteiger partial charge is 2.00 e. The Kier molecular flexibility index (Phi) is 7.33. The van der Waals surface area contributed by atoms with Gasteiger partial charge in [0.25, 0.3) is 0 Å². The molecular formula is C6CdFeKN6-. The van der Waals surface area contributed by atoms with Crippen molar-refractivity contribution in [2.75, 3.05) is 0 Å². The van der Waals surface area contributed by atoms with Crippen molar-refractivity contribution >= 4 is 0 Å². The Hall–Kier alpha value is 0.0179. The third kappa shape index (κ3) is 2.25. The molecule has 0 aliphatic rings. The van der Waals surface area contributed by atoms with Gasteiger partial charge in [-0.05, 0) is 0 Å². The van der Waals surface area contributed by atoms with Crippen LogP contribution in [0.2, 0.25) is 0 Å². The Balaban J connectivity index is -0.000000720. The predicted octanol–water partition coefficient (Wildman–Crippen LogP) is -2.90. The molecular weight excluding hydrogens is 363 g/mol. The SMILES string of the molecule is N#[C][Fe-4]([C]#N)([C]#N)([C]#N)([C]#N)[C]#N.[Cd+2].[K+]. The van der Waals surface area contributed by atoms with E-state index in [0.29, 0.717) is 0 Å². The number of rotatable bonds is 0. The molecule has 9 heteroatoms. The molecule has 0 unspecified atom stereocenters. The van der Waals surface area contributed by atoms with Crippen molar-refractivity contribution < 1.29 is 89.4 Å². The Morgan fingerprint density at radius 2 is 0.667 bits per heavy atom. The van der Waals surface area contributed by atoms with Crippen molar-refractivity contribution in [1.82, 2.24) is 0 Å². The van der Waals surface area contributed by atoms with Gasteiger partial charge in [-0.2, -0.15) is 0 Å². The Morgan fingerprint density at radius 3 is 0.667 bits per heavy atom. The van der Waals surface area contributed by atoms with E-state index in [1.54, 1.807) is 0 Å². The molecule has 0 amide bonds. The predicted molar refractivity (Wildman–Crippen MR) is 33.7 cm³/mol. The molecule has 0 aromatic rings. The molecule has 0 spiro atoms. The topological polar surface area (TPSA) is 143 Å². The zero-order chi connectivity index (χ0) is 10.7. The van der Waals surface area contributed by atoms with Crippen LogP contribution in [0.1, 0.15) is 0 Å². The van der Waals surface area contributed by atoms with Crippen molar-refractivity contribution in [3.05, 3.63) is 0 Å². The van der Waals surface area contributed by atoms with Crippen LogP contribution in [0.25, 0.3) is 0 Å². The first-order valence-corrected chi connectivity index (χ1v) is 5.71. The van der Waals surface area contributed by atoms with Crippen LogP contribution < -0.4 is 51.4 Å². The minimum atomic E-state index is -6.17. The molecule has 0 radical (unpaired) electrons. The zero-order valence-corrected chi connectivity index (χ0v) is 16.0. The van der Waals surface area contributed by atoms with Gasteiger partial charge in [-0.1, -0.05) is 0 Å². The molecule has 15 heavy (non-hydrogen) atoms. The van der Waals surface area contributed by atoms with Gasteiger partial charge in [-0.3, -0.25) is 0 Å². The fourth-order valence-corrected chi connectivity index (χ4v) is 1.09. The Labute approximate surface area is 148 Å². The maximum Gasteiger partial charge on any atom is 2.00 e. The van der Waals surface area contributed by atoms with E-state index >= 15 is 0 Å². The molecule has 0 N–H and O–H groups in total. The first kappa shape index (κ1) is 20.4. The molecule has 0 rings (SSSR count). The van der Waals surface area contributed by atoms with Crippen LogP contribution in [0, 0.1) is 61.4 Å². The standard InChI is InChI=1S/6CN.Cd.Fe.K/c6*1-2;;;/q;;;;;;+2;-4;+1. The van der Waals surface area contributed by atoms with Gasteiger partial charge in [0.2, 0.25) is 0 Å². The second-order valence-corrected chi connectivity index (χ2v) is 7.42. The molecule has 0 aromatic carbocycles. The summed E-state index contributed by atoms with van der Waals surface area (Å²) in [5.74, 6) is 0. The monoisotopic (exact) mass is 365 g/mol. The van der Waals surface area contributed by atoms with Gasteiger partial charge in [0.05, 0.1) is 0 Å². The van der Waals surface area contributed by atoms with Crippen LogP contribution in [0.15, 0.2) is 0 Å². The molecule has 0 aromatic heterocycles. The number of nitriles is 6. The molecule has 0 aliphatic carbocycles. The van der Waals surface area contributed by atoms with Crippen LogP contribution in [-0.4, -0.2) is 0 Å². The van der Waals surface area contributed by atoms with Gasteiger partial charge < -0.3 is 0 Å². The molecule has 0 heterocycles. The Bertz CT molecular complexity index is 397. The minimum absolute atomic E-state index is 0. The van der Waals surface area contributed by atoms with Crippen molar-refractivity contribution in [3.63, 3.8) is 0 Å². The third-order valence-electron chi connectivity index (χ3n) is 1.19. The van der Waals surface area contributed by atoms with E-state index in [2.05, 4.69) is 0 Å². The maximum absolute atomic E-state index is 8.58. The van der Waals surface area contributed by atoms with Crippen LogP contribution in [0.5, 0.6) is 0 Å². The van der Waals surface area contributed by atoms with Crippen molar-refractivity contribution in [3.8, 4) is 29.8 Å². The van der Waals surface area contributed by atoms with Crippen LogP contribution >= 0.6 is 0 Å². The first-order valence-electron chi connectivity index (χ1n) is 2.40. The van der Waals surface area contributed by atoms with Gasteiger partial charge in [-0.25, -0.2) is 0 Å². The van der Waals surface area contributed by atoms with Crippen LogP contribution in [0.4, 0.5) is 0 Å². The average Bonchev–Trinajstić information content (AvgIpc) is 2.26. The molecule has 0 aliphatic heterocycles. The normalized spacial score (nSPS) is 11.6. The first-order chi connectivity index (χ1) is 5.97. The van der Waals surface area contributed by atoms with E-state index in [4.69, 9.17) is 31.6 Å². The van der Waals surface area contributed by atoms with E-state index in [9.17, 15) is 0 Å². The second-order valence-electron chi connectivity index (χ2n) is 1.80. The molecule has 0 saturated heterocycles. The molecule has 0 saturated carbocycles. The van der Waals surface area contributed by atoms with E-state index in [0.717, 1.165) is 29.8 Å². The van der Waals surface area contributed by atoms with Gasteiger partial charge in [0.15, 0.2) is 0 Å². The fraction of sp³-hybridized carbons (Fsp3) is 0. The van der Waals surface area contributed by atoms with E-state index < -0.39 is 10.7 Å². The van der Waals surface area contributed by atoms with Gasteiger partial charge in [0, 0.05) is 0 Å². The summed E-state index contributed by atoms with van der Waals surface area (Å²) in [6.45, 7) is 0. The van der Waals surface area contributed by atoms with Crippen molar-refractivity contribution in [1.29, 1.82) is 31.6 Å². The zero-order valence-electron chi connectivity index (χ0n) is 7.74. The van der Waals surface area contributed by atoms with Gasteiger partial charge in [-0.15, -0.1) is 0 Å². The number of hydrogen-bond donors (Lipinski definition) is 0. The van der Waals surface area contributed by atoms with Gasteiger partial charge in [0.1, 0.15) is 0 Å². The summed E-state index contributed by atoms with van der Waals surface area (Å²) in [6, 6.07) is 0. The smallest absolute Gasteiger partial charge is 1.00 e. The fourth-order valence-electron chi connectivity index (χ4n) is 0.265. The summed E-state index contributed by atoms with van der Waals surface area (Å²) < 4.78 is 0. The summed E-state index contributed by atoms with van der Waals surface area (Å²) in [4.78, 5) is 6.19.